The highest BCUT2D eigenvalue weighted by atomic mass is 19.1. The lowest BCUT2D eigenvalue weighted by atomic mass is 10.2. The Bertz CT molecular complexity index is 476. The quantitative estimate of drug-likeness (QED) is 0.761. The molecule has 1 heterocycles. The average molecular weight is 205 g/mol. The molecule has 2 aromatic rings. The molecule has 0 aliphatic carbocycles. The van der Waals surface area contributed by atoms with Gasteiger partial charge in [-0.15, -0.1) is 0 Å². The van der Waals surface area contributed by atoms with Gasteiger partial charge in [0.15, 0.2) is 0 Å². The van der Waals surface area contributed by atoms with Crippen LogP contribution in [0.25, 0.3) is 0 Å². The van der Waals surface area contributed by atoms with Gasteiger partial charge in [0.1, 0.15) is 5.82 Å². The van der Waals surface area contributed by atoms with Crippen molar-refractivity contribution in [1.29, 1.82) is 0 Å². The first-order chi connectivity index (χ1) is 7.16. The summed E-state index contributed by atoms with van der Waals surface area (Å²) in [4.78, 5) is 0. The van der Waals surface area contributed by atoms with Crippen molar-refractivity contribution in [2.24, 2.45) is 0 Å². The van der Waals surface area contributed by atoms with E-state index in [1.807, 2.05) is 13.0 Å². The van der Waals surface area contributed by atoms with Crippen molar-refractivity contribution in [3.05, 3.63) is 47.5 Å². The van der Waals surface area contributed by atoms with Crippen LogP contribution in [0, 0.1) is 12.7 Å². The number of hydrogen-bond donors (Lipinski definition) is 1. The molecule has 0 saturated heterocycles. The van der Waals surface area contributed by atoms with E-state index in [9.17, 15) is 4.39 Å². The van der Waals surface area contributed by atoms with Crippen LogP contribution in [-0.2, 0) is 6.54 Å². The van der Waals surface area contributed by atoms with E-state index in [1.54, 1.807) is 16.9 Å². The molecule has 0 aliphatic heterocycles. The third-order valence-corrected chi connectivity index (χ3v) is 2.35. The molecule has 0 saturated carbocycles. The fourth-order valence-electron chi connectivity index (χ4n) is 1.44. The third-order valence-electron chi connectivity index (χ3n) is 2.35. The van der Waals surface area contributed by atoms with Gasteiger partial charge >= 0.3 is 0 Å². The van der Waals surface area contributed by atoms with Crippen molar-refractivity contribution in [3.63, 3.8) is 0 Å². The smallest absolute Gasteiger partial charge is 0.123 e. The minimum atomic E-state index is -0.274. The number of nitrogens with zero attached hydrogens (tertiary/aromatic N) is 2. The van der Waals surface area contributed by atoms with Gasteiger partial charge in [-0.25, -0.2) is 4.39 Å². The number of aryl methyl sites for hydroxylation is 1. The van der Waals surface area contributed by atoms with E-state index in [4.69, 9.17) is 5.73 Å². The normalized spacial score (nSPS) is 10.5. The number of nitrogen functional groups attached to an aromatic ring is 1. The predicted molar refractivity (Wildman–Crippen MR) is 56.9 cm³/mol. The molecular weight excluding hydrogens is 193 g/mol. The van der Waals surface area contributed by atoms with Gasteiger partial charge in [0.25, 0.3) is 0 Å². The Morgan fingerprint density at radius 3 is 2.87 bits per heavy atom. The maximum atomic E-state index is 13.0. The van der Waals surface area contributed by atoms with Crippen LogP contribution >= 0.6 is 0 Å². The highest BCUT2D eigenvalue weighted by Crippen LogP contribution is 2.15. The molecule has 0 fully saturated rings. The molecule has 0 spiro atoms. The second kappa shape index (κ2) is 3.73. The van der Waals surface area contributed by atoms with E-state index in [0.717, 1.165) is 11.3 Å². The van der Waals surface area contributed by atoms with Crippen molar-refractivity contribution in [1.82, 2.24) is 9.78 Å². The van der Waals surface area contributed by atoms with Gasteiger partial charge in [-0.2, -0.15) is 5.10 Å². The highest BCUT2D eigenvalue weighted by molar-refractivity contribution is 5.46. The summed E-state index contributed by atoms with van der Waals surface area (Å²) < 4.78 is 14.8. The van der Waals surface area contributed by atoms with Gasteiger partial charge in [-0.1, -0.05) is 0 Å². The molecule has 78 valence electrons. The van der Waals surface area contributed by atoms with Crippen molar-refractivity contribution in [3.8, 4) is 0 Å². The summed E-state index contributed by atoms with van der Waals surface area (Å²) in [7, 11) is 0. The molecule has 15 heavy (non-hydrogen) atoms. The van der Waals surface area contributed by atoms with Crippen LogP contribution in [0.4, 0.5) is 10.1 Å². The van der Waals surface area contributed by atoms with Crippen LogP contribution in [0.5, 0.6) is 0 Å². The second-order valence-electron chi connectivity index (χ2n) is 3.47. The Morgan fingerprint density at radius 2 is 2.20 bits per heavy atom. The molecule has 2 N–H and O–H groups in total. The largest absolute Gasteiger partial charge is 0.398 e. The van der Waals surface area contributed by atoms with Crippen molar-refractivity contribution >= 4 is 5.69 Å². The van der Waals surface area contributed by atoms with E-state index >= 15 is 0 Å². The fourth-order valence-corrected chi connectivity index (χ4v) is 1.44. The fraction of sp³-hybridized carbons (Fsp3) is 0.182. The Labute approximate surface area is 87.3 Å². The summed E-state index contributed by atoms with van der Waals surface area (Å²) in [6.07, 6.45) is 1.71. The van der Waals surface area contributed by atoms with Crippen LogP contribution in [0.15, 0.2) is 30.5 Å². The Morgan fingerprint density at radius 1 is 1.40 bits per heavy atom. The number of nitrogens with two attached hydrogens (primary N) is 1. The van der Waals surface area contributed by atoms with Gasteiger partial charge in [-0.3, -0.25) is 4.68 Å². The highest BCUT2D eigenvalue weighted by Gasteiger charge is 2.04. The molecule has 0 bridgehead atoms. The lowest BCUT2D eigenvalue weighted by Gasteiger charge is -2.07. The summed E-state index contributed by atoms with van der Waals surface area (Å²) in [5, 5.41) is 4.12. The van der Waals surface area contributed by atoms with Gasteiger partial charge < -0.3 is 5.73 Å². The van der Waals surface area contributed by atoms with E-state index in [1.165, 1.54) is 12.1 Å². The minimum Gasteiger partial charge on any atom is -0.398 e. The Kier molecular flexibility index (Phi) is 2.41. The van der Waals surface area contributed by atoms with Crippen molar-refractivity contribution in [2.75, 3.05) is 5.73 Å². The monoisotopic (exact) mass is 205 g/mol. The standard InChI is InChI=1S/C11H12FN3/c1-8-4-5-14-15(8)7-9-6-10(12)2-3-11(9)13/h2-6H,7,13H2,1H3. The van der Waals surface area contributed by atoms with Gasteiger partial charge in [-0.05, 0) is 36.8 Å². The lowest BCUT2D eigenvalue weighted by Crippen LogP contribution is -2.06. The number of aromatic nitrogens is 2. The first kappa shape index (κ1) is 9.71. The number of halogens is 1. The molecule has 1 aromatic heterocycles. The first-order valence-corrected chi connectivity index (χ1v) is 4.69. The average Bonchev–Trinajstić information content (AvgIpc) is 2.58. The Hall–Kier alpha value is -1.84. The summed E-state index contributed by atoms with van der Waals surface area (Å²) in [6, 6.07) is 6.27. The zero-order chi connectivity index (χ0) is 10.8. The summed E-state index contributed by atoms with van der Waals surface area (Å²) >= 11 is 0. The van der Waals surface area contributed by atoms with E-state index in [0.29, 0.717) is 12.2 Å². The van der Waals surface area contributed by atoms with Crippen molar-refractivity contribution in [2.45, 2.75) is 13.5 Å². The summed E-state index contributed by atoms with van der Waals surface area (Å²) in [6.45, 7) is 2.45. The molecule has 0 unspecified atom stereocenters. The number of anilines is 1. The summed E-state index contributed by atoms with van der Waals surface area (Å²) in [5.41, 5.74) is 8.12. The van der Waals surface area contributed by atoms with Gasteiger partial charge in [0, 0.05) is 17.6 Å². The third kappa shape index (κ3) is 1.98. The Balaban J connectivity index is 2.32. The van der Waals surface area contributed by atoms with Crippen LogP contribution in [-0.4, -0.2) is 9.78 Å². The van der Waals surface area contributed by atoms with Crippen molar-refractivity contribution < 1.29 is 4.39 Å². The molecule has 0 atom stereocenters. The second-order valence-corrected chi connectivity index (χ2v) is 3.47. The maximum absolute atomic E-state index is 13.0. The summed E-state index contributed by atoms with van der Waals surface area (Å²) in [5.74, 6) is -0.274. The van der Waals surface area contributed by atoms with E-state index in [-0.39, 0.29) is 5.82 Å². The number of hydrogen-bond acceptors (Lipinski definition) is 2. The SMILES string of the molecule is Cc1ccnn1Cc1cc(F)ccc1N. The first-order valence-electron chi connectivity index (χ1n) is 4.69. The predicted octanol–water partition coefficient (Wildman–Crippen LogP) is 1.96. The van der Waals surface area contributed by atoms with Crippen LogP contribution in [0.3, 0.4) is 0 Å². The van der Waals surface area contributed by atoms with Crippen LogP contribution in [0.2, 0.25) is 0 Å². The van der Waals surface area contributed by atoms with E-state index in [2.05, 4.69) is 5.10 Å². The number of benzene rings is 1. The molecule has 4 heteroatoms. The topological polar surface area (TPSA) is 43.8 Å². The zero-order valence-corrected chi connectivity index (χ0v) is 8.44. The molecule has 0 amide bonds. The zero-order valence-electron chi connectivity index (χ0n) is 8.44. The molecule has 0 aliphatic rings. The van der Waals surface area contributed by atoms with Gasteiger partial charge in [0.2, 0.25) is 0 Å². The molecule has 2 rings (SSSR count). The molecule has 0 radical (unpaired) electrons. The lowest BCUT2D eigenvalue weighted by molar-refractivity contribution is 0.617. The minimum absolute atomic E-state index is 0.274. The van der Waals surface area contributed by atoms with Crippen LogP contribution < -0.4 is 5.73 Å². The van der Waals surface area contributed by atoms with E-state index < -0.39 is 0 Å². The maximum Gasteiger partial charge on any atom is 0.123 e. The number of rotatable bonds is 2. The molecule has 1 aromatic carbocycles. The van der Waals surface area contributed by atoms with Gasteiger partial charge in [0.05, 0.1) is 6.54 Å². The van der Waals surface area contributed by atoms with Crippen LogP contribution in [0.1, 0.15) is 11.3 Å². The molecule has 3 nitrogen and oxygen atoms in total. The molecular formula is C11H12FN3.